The number of aliphatic carboxylic acids is 1. The lowest BCUT2D eigenvalue weighted by molar-refractivity contribution is -0.160. The largest absolute Gasteiger partial charge is 0.492 e. The minimum absolute atomic E-state index is 0.261. The van der Waals surface area contributed by atoms with Crippen LogP contribution in [0.4, 0.5) is 5.69 Å². The highest BCUT2D eigenvalue weighted by molar-refractivity contribution is 5.85. The van der Waals surface area contributed by atoms with E-state index in [0.29, 0.717) is 35.4 Å². The summed E-state index contributed by atoms with van der Waals surface area (Å²) in [5.74, 6) is 0.499. The van der Waals surface area contributed by atoms with Gasteiger partial charge in [0.15, 0.2) is 6.10 Å². The average molecular weight is 512 g/mol. The van der Waals surface area contributed by atoms with E-state index in [0.717, 1.165) is 55.9 Å². The zero-order valence-electron chi connectivity index (χ0n) is 23.0. The van der Waals surface area contributed by atoms with Crippen molar-refractivity contribution in [3.8, 4) is 17.0 Å². The predicted octanol–water partition coefficient (Wildman–Crippen LogP) is 5.43. The Morgan fingerprint density at radius 3 is 2.65 bits per heavy atom. The number of carboxylic acid groups (broad SMARTS) is 1. The van der Waals surface area contributed by atoms with E-state index in [9.17, 15) is 9.90 Å². The monoisotopic (exact) mass is 511 g/mol. The molecular weight excluding hydrogens is 470 g/mol. The number of aryl methyl sites for hydroxylation is 1. The molecule has 1 N–H and O–H groups in total. The number of hydrogen-bond acceptors (Lipinski definition) is 7. The van der Waals surface area contributed by atoms with Crippen molar-refractivity contribution in [2.75, 3.05) is 31.2 Å². The normalized spacial score (nSPS) is 21.0. The minimum atomic E-state index is -1.16. The highest BCUT2D eigenvalue weighted by Crippen LogP contribution is 2.42. The number of carboxylic acids is 1. The van der Waals surface area contributed by atoms with Gasteiger partial charge < -0.3 is 24.2 Å². The number of anilines is 1. The smallest absolute Gasteiger partial charge is 0.337 e. The van der Waals surface area contributed by atoms with E-state index < -0.39 is 17.7 Å². The molecule has 8 nitrogen and oxygen atoms in total. The molecule has 4 rings (SSSR count). The topological polar surface area (TPSA) is 94.0 Å². The van der Waals surface area contributed by atoms with Crippen LogP contribution in [0.25, 0.3) is 11.3 Å². The third kappa shape index (κ3) is 6.60. The number of piperidine rings is 1. The van der Waals surface area contributed by atoms with Crippen molar-refractivity contribution in [2.45, 2.75) is 78.6 Å². The lowest BCUT2D eigenvalue weighted by Crippen LogP contribution is -2.47. The van der Waals surface area contributed by atoms with E-state index in [1.807, 2.05) is 46.0 Å². The standard InChI is InChI=1S/C29H41N3O5/c1-18(2)17-36-21-9-10-23(31-14-21)22-15-30-19(3)25(27(28(33)34)37-29(4,5)6)26(22)32-12-11-24-20(16-32)8-7-13-35-24/h9-10,14-15,18,20,24,27H,7-8,11-13,16-17H2,1-6H3,(H,33,34)/t20?,24?,27-/m0/s1. The number of nitrogens with zero attached hydrogens (tertiary/aromatic N) is 3. The van der Waals surface area contributed by atoms with Crippen LogP contribution in [0, 0.1) is 18.8 Å². The maximum atomic E-state index is 12.6. The van der Waals surface area contributed by atoms with Gasteiger partial charge in [-0.15, -0.1) is 0 Å². The first-order valence-electron chi connectivity index (χ1n) is 13.4. The third-order valence-corrected chi connectivity index (χ3v) is 6.87. The molecule has 2 aromatic heterocycles. The number of pyridine rings is 2. The van der Waals surface area contributed by atoms with E-state index in [4.69, 9.17) is 19.2 Å². The van der Waals surface area contributed by atoms with Crippen molar-refractivity contribution < 1.29 is 24.1 Å². The molecule has 2 fully saturated rings. The van der Waals surface area contributed by atoms with Crippen LogP contribution < -0.4 is 9.64 Å². The maximum Gasteiger partial charge on any atom is 0.337 e. The van der Waals surface area contributed by atoms with Crippen molar-refractivity contribution in [1.29, 1.82) is 0 Å². The molecule has 0 bridgehead atoms. The fourth-order valence-electron chi connectivity index (χ4n) is 5.22. The molecule has 2 aliphatic heterocycles. The Morgan fingerprint density at radius 1 is 1.22 bits per heavy atom. The van der Waals surface area contributed by atoms with Crippen LogP contribution in [0.5, 0.6) is 5.75 Å². The molecule has 0 saturated carbocycles. The number of carbonyl (C=O) groups is 1. The highest BCUT2D eigenvalue weighted by Gasteiger charge is 2.38. The van der Waals surface area contributed by atoms with Crippen LogP contribution in [-0.4, -0.2) is 59.1 Å². The molecule has 8 heteroatoms. The summed E-state index contributed by atoms with van der Waals surface area (Å²) in [6.45, 7) is 14.7. The number of rotatable bonds is 8. The molecule has 0 aromatic carbocycles. The van der Waals surface area contributed by atoms with Crippen LogP contribution in [0.1, 0.15) is 71.2 Å². The molecule has 0 radical (unpaired) electrons. The number of fused-ring (bicyclic) bond motifs is 1. The zero-order valence-corrected chi connectivity index (χ0v) is 23.0. The quantitative estimate of drug-likeness (QED) is 0.501. The summed E-state index contributed by atoms with van der Waals surface area (Å²) in [7, 11) is 0. The van der Waals surface area contributed by atoms with Gasteiger partial charge in [0, 0.05) is 48.6 Å². The highest BCUT2D eigenvalue weighted by atomic mass is 16.5. The molecular formula is C29H41N3O5. The van der Waals surface area contributed by atoms with Crippen LogP contribution in [-0.2, 0) is 14.3 Å². The Hall–Kier alpha value is -2.71. The molecule has 4 heterocycles. The summed E-state index contributed by atoms with van der Waals surface area (Å²) in [5.41, 5.74) is 2.96. The molecule has 0 amide bonds. The van der Waals surface area contributed by atoms with E-state index in [-0.39, 0.29) is 6.10 Å². The maximum absolute atomic E-state index is 12.6. The molecule has 2 aromatic rings. The molecule has 2 saturated heterocycles. The summed E-state index contributed by atoms with van der Waals surface area (Å²) in [5, 5.41) is 10.3. The van der Waals surface area contributed by atoms with Crippen molar-refractivity contribution in [3.05, 3.63) is 35.8 Å². The molecule has 0 aliphatic carbocycles. The number of hydrogen-bond donors (Lipinski definition) is 1. The van der Waals surface area contributed by atoms with Crippen LogP contribution in [0.15, 0.2) is 24.5 Å². The molecule has 202 valence electrons. The van der Waals surface area contributed by atoms with Crippen molar-refractivity contribution in [2.24, 2.45) is 11.8 Å². The van der Waals surface area contributed by atoms with Crippen LogP contribution in [0.3, 0.4) is 0 Å². The molecule has 3 atom stereocenters. The number of ether oxygens (including phenoxy) is 3. The average Bonchev–Trinajstić information content (AvgIpc) is 2.85. The Bertz CT molecular complexity index is 1080. The van der Waals surface area contributed by atoms with E-state index in [1.165, 1.54) is 0 Å². The van der Waals surface area contributed by atoms with Crippen molar-refractivity contribution >= 4 is 11.7 Å². The Balaban J connectivity index is 1.80. The van der Waals surface area contributed by atoms with Crippen LogP contribution >= 0.6 is 0 Å². The van der Waals surface area contributed by atoms with Gasteiger partial charge in [0.25, 0.3) is 0 Å². The summed E-state index contributed by atoms with van der Waals surface area (Å²) in [6, 6.07) is 3.84. The second-order valence-corrected chi connectivity index (χ2v) is 11.6. The summed E-state index contributed by atoms with van der Waals surface area (Å²) >= 11 is 0. The van der Waals surface area contributed by atoms with E-state index in [1.54, 1.807) is 6.20 Å². The van der Waals surface area contributed by atoms with Gasteiger partial charge >= 0.3 is 5.97 Å². The minimum Gasteiger partial charge on any atom is -0.492 e. The van der Waals surface area contributed by atoms with Gasteiger partial charge in [0.2, 0.25) is 0 Å². The second kappa shape index (κ2) is 11.4. The molecule has 0 spiro atoms. The first-order valence-corrected chi connectivity index (χ1v) is 13.4. The lowest BCUT2D eigenvalue weighted by Gasteiger charge is -2.43. The predicted molar refractivity (Wildman–Crippen MR) is 143 cm³/mol. The zero-order chi connectivity index (χ0) is 26.7. The van der Waals surface area contributed by atoms with E-state index >= 15 is 0 Å². The van der Waals surface area contributed by atoms with Gasteiger partial charge in [-0.2, -0.15) is 0 Å². The van der Waals surface area contributed by atoms with Gasteiger partial charge in [-0.1, -0.05) is 13.8 Å². The Labute approximate surface area is 220 Å². The first kappa shape index (κ1) is 27.3. The van der Waals surface area contributed by atoms with Gasteiger partial charge in [-0.3, -0.25) is 9.97 Å². The van der Waals surface area contributed by atoms with Gasteiger partial charge in [0.05, 0.1) is 35.9 Å². The SMILES string of the molecule is Cc1ncc(-c2ccc(OCC(C)C)cn2)c(N2CCC3OCCCC3C2)c1[C@H](OC(C)(C)C)C(=O)O. The Kier molecular flexibility index (Phi) is 8.39. The van der Waals surface area contributed by atoms with Crippen molar-refractivity contribution in [1.82, 2.24) is 9.97 Å². The Morgan fingerprint density at radius 2 is 2.00 bits per heavy atom. The fraction of sp³-hybridized carbons (Fsp3) is 0.621. The third-order valence-electron chi connectivity index (χ3n) is 6.87. The molecule has 2 unspecified atom stereocenters. The fourth-order valence-corrected chi connectivity index (χ4v) is 5.22. The van der Waals surface area contributed by atoms with Crippen molar-refractivity contribution in [3.63, 3.8) is 0 Å². The first-order chi connectivity index (χ1) is 17.5. The molecule has 37 heavy (non-hydrogen) atoms. The summed E-state index contributed by atoms with van der Waals surface area (Å²) < 4.78 is 18.0. The van der Waals surface area contributed by atoms with Gasteiger partial charge in [-0.25, -0.2) is 4.79 Å². The molecule has 2 aliphatic rings. The van der Waals surface area contributed by atoms with Gasteiger partial charge in [0.1, 0.15) is 5.75 Å². The summed E-state index contributed by atoms with van der Waals surface area (Å²) in [4.78, 5) is 24.2. The van der Waals surface area contributed by atoms with E-state index in [2.05, 4.69) is 23.7 Å². The van der Waals surface area contributed by atoms with Gasteiger partial charge in [-0.05, 0) is 65.0 Å². The second-order valence-electron chi connectivity index (χ2n) is 11.6. The number of aromatic nitrogens is 2. The van der Waals surface area contributed by atoms with Crippen LogP contribution in [0.2, 0.25) is 0 Å². The summed E-state index contributed by atoms with van der Waals surface area (Å²) in [6.07, 6.45) is 5.70. The lowest BCUT2D eigenvalue weighted by atomic mass is 9.87.